The maximum Gasteiger partial charge on any atom is 0.0225 e. The highest BCUT2D eigenvalue weighted by molar-refractivity contribution is 5.46. The Kier molecular flexibility index (Phi) is 2.56. The summed E-state index contributed by atoms with van der Waals surface area (Å²) in [7, 11) is 0. The van der Waals surface area contributed by atoms with Crippen LogP contribution in [-0.2, 0) is 0 Å². The van der Waals surface area contributed by atoms with Crippen LogP contribution in [0.1, 0.15) is 48.2 Å². The van der Waals surface area contributed by atoms with E-state index in [-0.39, 0.29) is 0 Å². The van der Waals surface area contributed by atoms with Crippen LogP contribution >= 0.6 is 0 Å². The van der Waals surface area contributed by atoms with Crippen molar-refractivity contribution in [3.63, 3.8) is 0 Å². The molecule has 0 atom stereocenters. The fourth-order valence-electron chi connectivity index (χ4n) is 2.62. The van der Waals surface area contributed by atoms with Gasteiger partial charge in [-0.1, -0.05) is 38.2 Å². The highest BCUT2D eigenvalue weighted by atomic mass is 14.7. The number of rotatable bonds is 2. The summed E-state index contributed by atoms with van der Waals surface area (Å²) in [5.74, 6) is 1.07. The van der Waals surface area contributed by atoms with Gasteiger partial charge in [0.05, 0.1) is 0 Å². The van der Waals surface area contributed by atoms with E-state index in [1.54, 1.807) is 0 Å². The molecular weight excluding hydrogens is 182 g/mol. The summed E-state index contributed by atoms with van der Waals surface area (Å²) in [5, 5.41) is 0. The van der Waals surface area contributed by atoms with E-state index in [0.29, 0.717) is 11.8 Å². The molecule has 0 radical (unpaired) electrons. The highest BCUT2D eigenvalue weighted by Gasteiger charge is 2.20. The Balaban J connectivity index is 2.53. The first-order valence-electron chi connectivity index (χ1n) is 5.65. The molecule has 2 rings (SSSR count). The third-order valence-electron chi connectivity index (χ3n) is 3.13. The van der Waals surface area contributed by atoms with Crippen molar-refractivity contribution in [3.05, 3.63) is 46.8 Å². The largest absolute Gasteiger partial charge is 0.362 e. The number of allylic oxidation sites excluding steroid dienone is 4. The van der Waals surface area contributed by atoms with E-state index in [4.69, 9.17) is 0 Å². The summed E-state index contributed by atoms with van der Waals surface area (Å²) in [6.07, 6.45) is 8.80. The Morgan fingerprint density at radius 1 is 1.07 bits per heavy atom. The van der Waals surface area contributed by atoms with E-state index in [9.17, 15) is 0 Å². The average Bonchev–Trinajstić information content (AvgIpc) is 2.71. The van der Waals surface area contributed by atoms with Crippen LogP contribution in [0.4, 0.5) is 0 Å². The zero-order valence-electron chi connectivity index (χ0n) is 9.96. The Morgan fingerprint density at radius 2 is 1.67 bits per heavy atom. The third kappa shape index (κ3) is 1.67. The van der Waals surface area contributed by atoms with Crippen molar-refractivity contribution in [2.45, 2.75) is 39.5 Å². The topological polar surface area (TPSA) is 15.8 Å². The summed E-state index contributed by atoms with van der Waals surface area (Å²) in [5.41, 5.74) is 5.62. The van der Waals surface area contributed by atoms with Gasteiger partial charge in [-0.05, 0) is 30.9 Å². The van der Waals surface area contributed by atoms with Crippen molar-refractivity contribution in [2.24, 2.45) is 0 Å². The number of hydrogen-bond acceptors (Lipinski definition) is 0. The van der Waals surface area contributed by atoms with E-state index >= 15 is 0 Å². The van der Waals surface area contributed by atoms with E-state index in [2.05, 4.69) is 57.0 Å². The molecule has 0 saturated carbocycles. The monoisotopic (exact) mass is 201 g/mol. The van der Waals surface area contributed by atoms with Crippen molar-refractivity contribution in [3.8, 4) is 0 Å². The molecule has 1 aliphatic carbocycles. The number of aromatic nitrogens is 1. The van der Waals surface area contributed by atoms with Crippen LogP contribution in [0.15, 0.2) is 24.3 Å². The predicted molar refractivity (Wildman–Crippen MR) is 65.4 cm³/mol. The molecule has 0 spiro atoms. The SMILES string of the molecule is Cc1[nH]c(C)c(C2C=CC=C2)c1C(C)C. The molecular formula is C14H19N. The zero-order chi connectivity index (χ0) is 11.0. The highest BCUT2D eigenvalue weighted by Crippen LogP contribution is 2.34. The molecule has 0 unspecified atom stereocenters. The predicted octanol–water partition coefficient (Wildman–Crippen LogP) is 3.96. The van der Waals surface area contributed by atoms with Crippen molar-refractivity contribution in [1.82, 2.24) is 4.98 Å². The van der Waals surface area contributed by atoms with Gasteiger partial charge in [-0.15, -0.1) is 0 Å². The molecule has 1 heteroatoms. The van der Waals surface area contributed by atoms with Crippen molar-refractivity contribution in [1.29, 1.82) is 0 Å². The standard InChI is InChI=1S/C14H19N/c1-9(2)13-10(3)15-11(4)14(13)12-7-5-6-8-12/h5-9,12,15H,1-4H3. The van der Waals surface area contributed by atoms with Gasteiger partial charge in [0.25, 0.3) is 0 Å². The zero-order valence-corrected chi connectivity index (χ0v) is 9.96. The lowest BCUT2D eigenvalue weighted by Crippen LogP contribution is -1.98. The van der Waals surface area contributed by atoms with Crippen LogP contribution in [-0.4, -0.2) is 4.98 Å². The molecule has 0 aromatic carbocycles. The Hall–Kier alpha value is -1.24. The molecule has 0 aliphatic heterocycles. The summed E-state index contributed by atoms with van der Waals surface area (Å²) in [6.45, 7) is 8.88. The van der Waals surface area contributed by atoms with Gasteiger partial charge in [0.15, 0.2) is 0 Å². The Morgan fingerprint density at radius 3 is 2.20 bits per heavy atom. The lowest BCUT2D eigenvalue weighted by atomic mass is 9.90. The minimum Gasteiger partial charge on any atom is -0.362 e. The molecule has 15 heavy (non-hydrogen) atoms. The maximum absolute atomic E-state index is 3.47. The maximum atomic E-state index is 3.47. The number of aryl methyl sites for hydroxylation is 2. The van der Waals surface area contributed by atoms with Crippen molar-refractivity contribution < 1.29 is 0 Å². The van der Waals surface area contributed by atoms with Gasteiger partial charge in [-0.3, -0.25) is 0 Å². The summed E-state index contributed by atoms with van der Waals surface area (Å²) >= 11 is 0. The second kappa shape index (κ2) is 3.73. The quantitative estimate of drug-likeness (QED) is 0.745. The van der Waals surface area contributed by atoms with Crippen LogP contribution in [0.5, 0.6) is 0 Å². The molecule has 0 fully saturated rings. The van der Waals surface area contributed by atoms with Gasteiger partial charge in [-0.2, -0.15) is 0 Å². The lowest BCUT2D eigenvalue weighted by Gasteiger charge is -2.13. The van der Waals surface area contributed by atoms with Crippen LogP contribution in [0, 0.1) is 13.8 Å². The van der Waals surface area contributed by atoms with Gasteiger partial charge >= 0.3 is 0 Å². The Labute approximate surface area is 91.9 Å². The van der Waals surface area contributed by atoms with Gasteiger partial charge in [0.2, 0.25) is 0 Å². The summed E-state index contributed by atoms with van der Waals surface area (Å²) in [6, 6.07) is 0. The van der Waals surface area contributed by atoms with Crippen molar-refractivity contribution >= 4 is 0 Å². The van der Waals surface area contributed by atoms with Gasteiger partial charge in [-0.25, -0.2) is 0 Å². The second-order valence-electron chi connectivity index (χ2n) is 4.65. The Bertz CT molecular complexity index is 407. The molecule has 1 aliphatic rings. The molecule has 1 heterocycles. The van der Waals surface area contributed by atoms with E-state index in [1.165, 1.54) is 22.5 Å². The van der Waals surface area contributed by atoms with Gasteiger partial charge in [0.1, 0.15) is 0 Å². The smallest absolute Gasteiger partial charge is 0.0225 e. The number of H-pyrrole nitrogens is 1. The fourth-order valence-corrected chi connectivity index (χ4v) is 2.62. The van der Waals surface area contributed by atoms with Crippen LogP contribution in [0.3, 0.4) is 0 Å². The lowest BCUT2D eigenvalue weighted by molar-refractivity contribution is 0.835. The van der Waals surface area contributed by atoms with E-state index < -0.39 is 0 Å². The van der Waals surface area contributed by atoms with Crippen LogP contribution < -0.4 is 0 Å². The minimum atomic E-state index is 0.479. The molecule has 1 N–H and O–H groups in total. The first-order chi connectivity index (χ1) is 7.11. The fraction of sp³-hybridized carbons (Fsp3) is 0.429. The van der Waals surface area contributed by atoms with Crippen LogP contribution in [0.25, 0.3) is 0 Å². The van der Waals surface area contributed by atoms with E-state index in [0.717, 1.165) is 0 Å². The average molecular weight is 201 g/mol. The molecule has 0 saturated heterocycles. The molecule has 80 valence electrons. The third-order valence-corrected chi connectivity index (χ3v) is 3.13. The summed E-state index contributed by atoms with van der Waals surface area (Å²) < 4.78 is 0. The van der Waals surface area contributed by atoms with Gasteiger partial charge < -0.3 is 4.98 Å². The summed E-state index contributed by atoms with van der Waals surface area (Å²) in [4.78, 5) is 3.47. The van der Waals surface area contributed by atoms with Crippen molar-refractivity contribution in [2.75, 3.05) is 0 Å². The van der Waals surface area contributed by atoms with Crippen LogP contribution in [0.2, 0.25) is 0 Å². The van der Waals surface area contributed by atoms with Gasteiger partial charge in [0, 0.05) is 17.3 Å². The molecule has 1 aromatic rings. The number of nitrogens with one attached hydrogen (secondary N) is 1. The molecule has 1 nitrogen and oxygen atoms in total. The molecule has 0 amide bonds. The molecule has 0 bridgehead atoms. The normalized spacial score (nSPS) is 15.8. The first kappa shape index (κ1) is 10.3. The number of aromatic amines is 1. The first-order valence-corrected chi connectivity index (χ1v) is 5.65. The van der Waals surface area contributed by atoms with E-state index in [1.807, 2.05) is 0 Å². The minimum absolute atomic E-state index is 0.479. The second-order valence-corrected chi connectivity index (χ2v) is 4.65. The molecule has 1 aromatic heterocycles. The number of hydrogen-bond donors (Lipinski definition) is 1.